The van der Waals surface area contributed by atoms with Gasteiger partial charge in [0.25, 0.3) is 0 Å². The van der Waals surface area contributed by atoms with Crippen LogP contribution in [0.3, 0.4) is 0 Å². The molecule has 7 heteroatoms. The van der Waals surface area contributed by atoms with Gasteiger partial charge in [0.2, 0.25) is 0 Å². The summed E-state index contributed by atoms with van der Waals surface area (Å²) < 4.78 is 7.86. The van der Waals surface area contributed by atoms with Crippen molar-refractivity contribution in [1.29, 1.82) is 0 Å². The summed E-state index contributed by atoms with van der Waals surface area (Å²) in [6, 6.07) is 12.8. The first-order valence-corrected chi connectivity index (χ1v) is 12.0. The van der Waals surface area contributed by atoms with Crippen molar-refractivity contribution in [2.45, 2.75) is 46.4 Å². The molecule has 0 amide bonds. The Hall–Kier alpha value is -2.77. The lowest BCUT2D eigenvalue weighted by atomic mass is 9.91. The van der Waals surface area contributed by atoms with Gasteiger partial charge in [-0.3, -0.25) is 9.88 Å². The van der Waals surface area contributed by atoms with Gasteiger partial charge in [-0.05, 0) is 48.6 Å². The number of nitrogens with zero attached hydrogens (tertiary/aromatic N) is 6. The molecule has 2 saturated heterocycles. The van der Waals surface area contributed by atoms with Crippen LogP contribution in [0.2, 0.25) is 0 Å². The number of aryl methyl sites for hydroxylation is 1. The number of hydrogen-bond acceptors (Lipinski definition) is 6. The first-order valence-electron chi connectivity index (χ1n) is 12.0. The molecule has 0 aliphatic carbocycles. The molecule has 0 radical (unpaired) electrons. The number of anilines is 1. The highest BCUT2D eigenvalue weighted by Crippen LogP contribution is 2.32. The fourth-order valence-corrected chi connectivity index (χ4v) is 4.93. The summed E-state index contributed by atoms with van der Waals surface area (Å²) in [5, 5.41) is 8.81. The second kappa shape index (κ2) is 9.23. The first-order chi connectivity index (χ1) is 15.9. The molecule has 0 N–H and O–H groups in total. The monoisotopic (exact) mass is 446 g/mol. The SMILES string of the molecule is Cc1cc(N2CCN(Cc3ccccn3)CC2)ccc1-c1cn(CC2CC(C)(C)CO2)nn1. The maximum Gasteiger partial charge on any atom is 0.113 e. The molecule has 33 heavy (non-hydrogen) atoms. The van der Waals surface area contributed by atoms with Gasteiger partial charge in [0, 0.05) is 50.2 Å². The van der Waals surface area contributed by atoms with Gasteiger partial charge in [-0.15, -0.1) is 5.10 Å². The third-order valence-corrected chi connectivity index (χ3v) is 6.75. The Morgan fingerprint density at radius 2 is 1.94 bits per heavy atom. The number of benzene rings is 1. The number of hydrogen-bond donors (Lipinski definition) is 0. The minimum absolute atomic E-state index is 0.217. The van der Waals surface area contributed by atoms with Gasteiger partial charge in [0.1, 0.15) is 5.69 Å². The second-order valence-corrected chi connectivity index (χ2v) is 10.2. The van der Waals surface area contributed by atoms with Crippen molar-refractivity contribution in [3.63, 3.8) is 0 Å². The standard InChI is InChI=1S/C26H34N6O/c1-20-14-22(31-12-10-30(11-13-31)16-21-6-4-5-9-27-21)7-8-24(20)25-18-32(29-28-25)17-23-15-26(2,3)19-33-23/h4-9,14,18,23H,10-13,15-17,19H2,1-3H3. The molecule has 1 unspecified atom stereocenters. The molecule has 2 aliphatic rings. The lowest BCUT2D eigenvalue weighted by Gasteiger charge is -2.36. The quantitative estimate of drug-likeness (QED) is 0.574. The van der Waals surface area contributed by atoms with Crippen molar-refractivity contribution < 1.29 is 4.74 Å². The van der Waals surface area contributed by atoms with Crippen molar-refractivity contribution in [1.82, 2.24) is 24.9 Å². The van der Waals surface area contributed by atoms with Crippen LogP contribution in [-0.2, 0) is 17.8 Å². The molecule has 0 spiro atoms. The Morgan fingerprint density at radius 3 is 2.64 bits per heavy atom. The molecule has 2 aromatic heterocycles. The first kappa shape index (κ1) is 22.0. The summed E-state index contributed by atoms with van der Waals surface area (Å²) in [4.78, 5) is 9.42. The van der Waals surface area contributed by atoms with Crippen LogP contribution in [-0.4, -0.2) is 63.8 Å². The van der Waals surface area contributed by atoms with Crippen LogP contribution in [0.15, 0.2) is 48.8 Å². The van der Waals surface area contributed by atoms with Crippen LogP contribution in [0.5, 0.6) is 0 Å². The summed E-state index contributed by atoms with van der Waals surface area (Å²) in [6.45, 7) is 13.3. The topological polar surface area (TPSA) is 59.3 Å². The van der Waals surface area contributed by atoms with Crippen LogP contribution >= 0.6 is 0 Å². The molecule has 3 aromatic rings. The van der Waals surface area contributed by atoms with Crippen molar-refractivity contribution in [2.24, 2.45) is 5.41 Å². The Balaban J connectivity index is 1.19. The van der Waals surface area contributed by atoms with E-state index < -0.39 is 0 Å². The molecular formula is C26H34N6O. The average molecular weight is 447 g/mol. The van der Waals surface area contributed by atoms with E-state index in [1.165, 1.54) is 11.3 Å². The minimum atomic E-state index is 0.217. The number of ether oxygens (including phenoxy) is 1. The van der Waals surface area contributed by atoms with E-state index in [0.29, 0.717) is 0 Å². The van der Waals surface area contributed by atoms with E-state index in [4.69, 9.17) is 4.74 Å². The highest BCUT2D eigenvalue weighted by molar-refractivity contribution is 5.67. The number of rotatable bonds is 6. The van der Waals surface area contributed by atoms with Gasteiger partial charge >= 0.3 is 0 Å². The predicted molar refractivity (Wildman–Crippen MR) is 130 cm³/mol. The molecule has 5 rings (SSSR count). The smallest absolute Gasteiger partial charge is 0.113 e. The third kappa shape index (κ3) is 5.25. The Labute approximate surface area is 196 Å². The molecule has 1 atom stereocenters. The maximum absolute atomic E-state index is 5.93. The van der Waals surface area contributed by atoms with Crippen LogP contribution in [0, 0.1) is 12.3 Å². The molecule has 2 fully saturated rings. The molecule has 2 aliphatic heterocycles. The highest BCUT2D eigenvalue weighted by Gasteiger charge is 2.32. The Bertz CT molecular complexity index is 1070. The van der Waals surface area contributed by atoms with E-state index in [2.05, 4.69) is 76.2 Å². The van der Waals surface area contributed by atoms with Gasteiger partial charge in [-0.25, -0.2) is 4.68 Å². The summed E-state index contributed by atoms with van der Waals surface area (Å²) >= 11 is 0. The lowest BCUT2D eigenvalue weighted by Crippen LogP contribution is -2.46. The van der Waals surface area contributed by atoms with E-state index in [9.17, 15) is 0 Å². The van der Waals surface area contributed by atoms with Gasteiger partial charge in [-0.2, -0.15) is 0 Å². The van der Waals surface area contributed by atoms with Crippen LogP contribution in [0.1, 0.15) is 31.5 Å². The van der Waals surface area contributed by atoms with E-state index in [1.807, 2.05) is 23.1 Å². The van der Waals surface area contributed by atoms with Crippen molar-refractivity contribution in [3.8, 4) is 11.3 Å². The molecule has 0 bridgehead atoms. The second-order valence-electron chi connectivity index (χ2n) is 10.2. The van der Waals surface area contributed by atoms with Gasteiger partial charge in [-0.1, -0.05) is 31.2 Å². The zero-order chi connectivity index (χ0) is 22.8. The van der Waals surface area contributed by atoms with Crippen LogP contribution in [0.25, 0.3) is 11.3 Å². The summed E-state index contributed by atoms with van der Waals surface area (Å²) in [5.74, 6) is 0. The molecule has 1 aromatic carbocycles. The Morgan fingerprint density at radius 1 is 1.09 bits per heavy atom. The van der Waals surface area contributed by atoms with Crippen molar-refractivity contribution in [3.05, 3.63) is 60.0 Å². The minimum Gasteiger partial charge on any atom is -0.376 e. The average Bonchev–Trinajstić information content (AvgIpc) is 3.40. The number of piperazine rings is 1. The van der Waals surface area contributed by atoms with Gasteiger partial charge in [0.05, 0.1) is 31.1 Å². The van der Waals surface area contributed by atoms with Gasteiger partial charge < -0.3 is 9.64 Å². The van der Waals surface area contributed by atoms with Crippen LogP contribution < -0.4 is 4.90 Å². The molecular weight excluding hydrogens is 412 g/mol. The van der Waals surface area contributed by atoms with Gasteiger partial charge in [0.15, 0.2) is 0 Å². The predicted octanol–water partition coefficient (Wildman–Crippen LogP) is 3.79. The maximum atomic E-state index is 5.93. The van der Waals surface area contributed by atoms with E-state index in [-0.39, 0.29) is 11.5 Å². The van der Waals surface area contributed by atoms with Crippen LogP contribution in [0.4, 0.5) is 5.69 Å². The summed E-state index contributed by atoms with van der Waals surface area (Å²) in [7, 11) is 0. The number of pyridine rings is 1. The fourth-order valence-electron chi connectivity index (χ4n) is 4.93. The molecule has 0 saturated carbocycles. The molecule has 174 valence electrons. The zero-order valence-electron chi connectivity index (χ0n) is 19.9. The number of aromatic nitrogens is 4. The normalized spacial score (nSPS) is 20.9. The Kier molecular flexibility index (Phi) is 6.17. The molecule has 7 nitrogen and oxygen atoms in total. The highest BCUT2D eigenvalue weighted by atomic mass is 16.5. The van der Waals surface area contributed by atoms with E-state index in [1.54, 1.807) is 0 Å². The summed E-state index contributed by atoms with van der Waals surface area (Å²) in [5.41, 5.74) is 5.98. The zero-order valence-corrected chi connectivity index (χ0v) is 19.9. The fraction of sp³-hybridized carbons (Fsp3) is 0.500. The van der Waals surface area contributed by atoms with Crippen molar-refractivity contribution >= 4 is 5.69 Å². The summed E-state index contributed by atoms with van der Waals surface area (Å²) in [6.07, 6.45) is 5.20. The lowest BCUT2D eigenvalue weighted by molar-refractivity contribution is 0.0848. The largest absolute Gasteiger partial charge is 0.376 e. The molecule has 4 heterocycles. The van der Waals surface area contributed by atoms with E-state index >= 15 is 0 Å². The van der Waals surface area contributed by atoms with Crippen molar-refractivity contribution in [2.75, 3.05) is 37.7 Å². The van der Waals surface area contributed by atoms with E-state index in [0.717, 1.165) is 69.2 Å². The third-order valence-electron chi connectivity index (χ3n) is 6.75.